The van der Waals surface area contributed by atoms with E-state index in [0.29, 0.717) is 23.5 Å². The van der Waals surface area contributed by atoms with Gasteiger partial charge in [0.15, 0.2) is 12.4 Å². The van der Waals surface area contributed by atoms with Gasteiger partial charge in [-0.2, -0.15) is 9.99 Å². The average molecular weight is 456 g/mol. The van der Waals surface area contributed by atoms with E-state index in [0.717, 1.165) is 53.6 Å². The topological polar surface area (TPSA) is 80.3 Å². The van der Waals surface area contributed by atoms with Gasteiger partial charge in [-0.05, 0) is 60.7 Å². The number of pyridine rings is 1. The molecule has 6 heteroatoms. The smallest absolute Gasteiger partial charge is 0.232 e. The minimum atomic E-state index is -0.564. The Bertz CT molecular complexity index is 1230. The number of hydrogen-bond acceptors (Lipinski definition) is 4. The van der Waals surface area contributed by atoms with Gasteiger partial charge >= 0.3 is 0 Å². The molecule has 1 aliphatic rings. The zero-order chi connectivity index (χ0) is 24.1. The van der Waals surface area contributed by atoms with Crippen LogP contribution in [-0.4, -0.2) is 24.4 Å². The van der Waals surface area contributed by atoms with Crippen molar-refractivity contribution in [1.82, 2.24) is 4.90 Å². The summed E-state index contributed by atoms with van der Waals surface area (Å²) in [5.41, 5.74) is 2.62. The van der Waals surface area contributed by atoms with E-state index in [1.807, 2.05) is 54.4 Å². The number of carbonyl (C=O) groups is 1. The summed E-state index contributed by atoms with van der Waals surface area (Å²) in [6.45, 7) is 2.85. The van der Waals surface area contributed by atoms with Crippen LogP contribution in [0.5, 0.6) is 11.5 Å². The number of likely N-dealkylation sites (tertiary alicyclic amines) is 1. The Morgan fingerprint density at radius 1 is 1.15 bits per heavy atom. The Hall–Kier alpha value is -3.85. The van der Waals surface area contributed by atoms with Gasteiger partial charge < -0.3 is 14.8 Å². The van der Waals surface area contributed by atoms with Gasteiger partial charge in [0.2, 0.25) is 5.91 Å². The quantitative estimate of drug-likeness (QED) is 0.392. The normalized spacial score (nSPS) is 18.3. The summed E-state index contributed by atoms with van der Waals surface area (Å²) in [6, 6.07) is 18.9. The van der Waals surface area contributed by atoms with Crippen molar-refractivity contribution in [3.63, 3.8) is 0 Å². The van der Waals surface area contributed by atoms with E-state index in [1.165, 1.54) is 12.4 Å². The van der Waals surface area contributed by atoms with Gasteiger partial charge in [-0.3, -0.25) is 4.79 Å². The van der Waals surface area contributed by atoms with E-state index >= 15 is 0 Å². The lowest BCUT2D eigenvalue weighted by atomic mass is 9.73. The maximum atomic E-state index is 13.3. The summed E-state index contributed by atoms with van der Waals surface area (Å²) in [7, 11) is 1.88. The fraction of sp³-hybridized carbons (Fsp3) is 0.321. The van der Waals surface area contributed by atoms with Crippen LogP contribution in [0.4, 0.5) is 0 Å². The van der Waals surface area contributed by atoms with Crippen LogP contribution < -0.4 is 9.47 Å². The van der Waals surface area contributed by atoms with Crippen LogP contribution in [0.25, 0.3) is 0 Å². The van der Waals surface area contributed by atoms with Crippen molar-refractivity contribution in [1.29, 1.82) is 5.26 Å². The summed E-state index contributed by atoms with van der Waals surface area (Å²) >= 11 is 0. The molecular weight excluding hydrogens is 426 g/mol. The molecule has 0 saturated carbocycles. The van der Waals surface area contributed by atoms with Crippen molar-refractivity contribution < 1.29 is 14.3 Å². The third-order valence-electron chi connectivity index (χ3n) is 6.73. The molecule has 1 amide bonds. The first-order valence-corrected chi connectivity index (χ1v) is 11.7. The van der Waals surface area contributed by atoms with Crippen molar-refractivity contribution in [2.75, 3.05) is 13.6 Å². The first kappa shape index (κ1) is 23.3. The van der Waals surface area contributed by atoms with Crippen molar-refractivity contribution in [3.05, 3.63) is 94.5 Å². The van der Waals surface area contributed by atoms with Gasteiger partial charge in [-0.15, -0.1) is 0 Å². The highest BCUT2D eigenvalue weighted by Gasteiger charge is 2.41. The lowest BCUT2D eigenvalue weighted by Crippen LogP contribution is -2.43. The number of nitriles is 1. The SMILES string of the molecule is CCC1(c2cccc(Oc3cc(Cc4ccc[n+]([O-])c4)ccc3C#N)c2)CCCCN(C)C1=O. The van der Waals surface area contributed by atoms with Crippen LogP contribution in [-0.2, 0) is 16.6 Å². The second kappa shape index (κ2) is 9.96. The minimum absolute atomic E-state index is 0.155. The van der Waals surface area contributed by atoms with Crippen molar-refractivity contribution in [2.24, 2.45) is 0 Å². The monoisotopic (exact) mass is 455 g/mol. The van der Waals surface area contributed by atoms with Crippen LogP contribution in [0, 0.1) is 16.5 Å². The van der Waals surface area contributed by atoms with Crippen molar-refractivity contribution >= 4 is 5.91 Å². The van der Waals surface area contributed by atoms with E-state index < -0.39 is 5.41 Å². The molecule has 1 aliphatic heterocycles. The molecule has 34 heavy (non-hydrogen) atoms. The van der Waals surface area contributed by atoms with Gasteiger partial charge in [-0.25, -0.2) is 0 Å². The summed E-state index contributed by atoms with van der Waals surface area (Å²) in [4.78, 5) is 15.2. The lowest BCUT2D eigenvalue weighted by molar-refractivity contribution is -0.605. The fourth-order valence-electron chi connectivity index (χ4n) is 4.83. The summed E-state index contributed by atoms with van der Waals surface area (Å²) in [5, 5.41) is 21.2. The number of amides is 1. The van der Waals surface area contributed by atoms with Crippen LogP contribution in [0.2, 0.25) is 0 Å². The van der Waals surface area contributed by atoms with Crippen LogP contribution in [0.15, 0.2) is 67.0 Å². The van der Waals surface area contributed by atoms with E-state index in [1.54, 1.807) is 12.1 Å². The van der Waals surface area contributed by atoms with E-state index in [4.69, 9.17) is 4.74 Å². The second-order valence-electron chi connectivity index (χ2n) is 8.94. The molecule has 3 aromatic rings. The number of aromatic nitrogens is 1. The Morgan fingerprint density at radius 2 is 2.00 bits per heavy atom. The fourth-order valence-corrected chi connectivity index (χ4v) is 4.83. The molecule has 1 aromatic heterocycles. The number of nitrogens with zero attached hydrogens (tertiary/aromatic N) is 3. The van der Waals surface area contributed by atoms with Gasteiger partial charge in [0, 0.05) is 31.6 Å². The molecule has 174 valence electrons. The third kappa shape index (κ3) is 4.74. The lowest BCUT2D eigenvalue weighted by Gasteiger charge is -2.33. The molecule has 2 heterocycles. The molecule has 6 nitrogen and oxygen atoms in total. The molecular formula is C28H29N3O3. The van der Waals surface area contributed by atoms with Crippen LogP contribution >= 0.6 is 0 Å². The molecule has 1 saturated heterocycles. The third-order valence-corrected chi connectivity index (χ3v) is 6.73. The summed E-state index contributed by atoms with van der Waals surface area (Å²) < 4.78 is 6.98. The highest BCUT2D eigenvalue weighted by atomic mass is 16.5. The first-order chi connectivity index (χ1) is 16.4. The zero-order valence-corrected chi connectivity index (χ0v) is 19.7. The summed E-state index contributed by atoms with van der Waals surface area (Å²) in [5.74, 6) is 1.21. The number of carbonyl (C=O) groups excluding carboxylic acids is 1. The maximum Gasteiger partial charge on any atom is 0.232 e. The molecule has 2 aromatic carbocycles. The molecule has 0 bridgehead atoms. The Labute approximate surface area is 200 Å². The van der Waals surface area contributed by atoms with Crippen LogP contribution in [0.3, 0.4) is 0 Å². The second-order valence-corrected chi connectivity index (χ2v) is 8.94. The first-order valence-electron chi connectivity index (χ1n) is 11.7. The van der Waals surface area contributed by atoms with E-state index in [9.17, 15) is 15.3 Å². The molecule has 1 atom stereocenters. The Morgan fingerprint density at radius 3 is 2.76 bits per heavy atom. The van der Waals surface area contributed by atoms with Gasteiger partial charge in [0.05, 0.1) is 11.0 Å². The molecule has 0 radical (unpaired) electrons. The van der Waals surface area contributed by atoms with E-state index in [-0.39, 0.29) is 5.91 Å². The van der Waals surface area contributed by atoms with Crippen LogP contribution in [0.1, 0.15) is 54.9 Å². The zero-order valence-electron chi connectivity index (χ0n) is 19.7. The molecule has 0 aliphatic carbocycles. The summed E-state index contributed by atoms with van der Waals surface area (Å²) in [6.07, 6.45) is 7.06. The predicted octanol–water partition coefficient (Wildman–Crippen LogP) is 4.86. The van der Waals surface area contributed by atoms with Gasteiger partial charge in [0.25, 0.3) is 0 Å². The Kier molecular flexibility index (Phi) is 6.83. The number of ether oxygens (including phenoxy) is 1. The highest BCUT2D eigenvalue weighted by Crippen LogP contribution is 2.39. The number of benzene rings is 2. The van der Waals surface area contributed by atoms with E-state index in [2.05, 4.69) is 13.0 Å². The number of hydrogen-bond donors (Lipinski definition) is 0. The largest absolute Gasteiger partial charge is 0.619 e. The highest BCUT2D eigenvalue weighted by molar-refractivity contribution is 5.88. The van der Waals surface area contributed by atoms with Crippen molar-refractivity contribution in [3.8, 4) is 17.6 Å². The van der Waals surface area contributed by atoms with Crippen molar-refractivity contribution in [2.45, 2.75) is 44.4 Å². The number of rotatable bonds is 6. The predicted molar refractivity (Wildman–Crippen MR) is 129 cm³/mol. The molecule has 4 rings (SSSR count). The molecule has 0 N–H and O–H groups in total. The van der Waals surface area contributed by atoms with Gasteiger partial charge in [-0.1, -0.05) is 31.5 Å². The number of likely N-dealkylation sites (N-methyl/N-ethyl adjacent to an activating group) is 1. The molecule has 0 spiro atoms. The van der Waals surface area contributed by atoms with Gasteiger partial charge in [0.1, 0.15) is 17.6 Å². The maximum absolute atomic E-state index is 13.3. The Balaban J connectivity index is 1.65. The molecule has 1 unspecified atom stereocenters. The minimum Gasteiger partial charge on any atom is -0.619 e. The molecule has 1 fully saturated rings. The standard InChI is InChI=1S/C28H29N3O3/c1-3-28(13-4-5-14-30(2)27(28)32)24-9-6-10-25(18-24)34-26-17-21(11-12-23(26)19-29)16-22-8-7-15-31(33)20-22/h6-12,15,17-18,20H,3-5,13-14,16H2,1-2H3. The average Bonchev–Trinajstić information content (AvgIpc) is 2.98.